The Hall–Kier alpha value is -1.41. The summed E-state index contributed by atoms with van der Waals surface area (Å²) >= 11 is 0. The topological polar surface area (TPSA) is 210 Å². The summed E-state index contributed by atoms with van der Waals surface area (Å²) in [6.07, 6.45) is 24.2. The molecule has 6 N–H and O–H groups in total. The molecule has 6 unspecified atom stereocenters. The number of hydrogen-bond acceptors (Lipinski definition) is 12. The molecule has 1 aliphatic rings. The Bertz CT molecular complexity index is 1090. The van der Waals surface area contributed by atoms with Crippen molar-refractivity contribution in [2.75, 3.05) is 13.2 Å². The fourth-order valence-corrected chi connectivity index (χ4v) is 8.28. The molecule has 13 nitrogen and oxygen atoms in total. The minimum Gasteiger partial charge on any atom is -0.462 e. The zero-order valence-electron chi connectivity index (χ0n) is 36.8. The molecule has 0 aliphatic heterocycles. The molecule has 348 valence electrons. The van der Waals surface area contributed by atoms with E-state index in [2.05, 4.69) is 19.9 Å². The van der Waals surface area contributed by atoms with Crippen LogP contribution in [0, 0.1) is 0 Å². The molecule has 1 aliphatic carbocycles. The summed E-state index contributed by atoms with van der Waals surface area (Å²) in [7, 11) is -5.12. The number of rotatable bonds is 39. The number of aliphatic hydroxyl groups is 5. The number of unbranched alkanes of at least 4 members (excludes halogenated alkanes) is 25. The lowest BCUT2D eigenvalue weighted by Gasteiger charge is -2.41. The zero-order valence-corrected chi connectivity index (χ0v) is 37.7. The van der Waals surface area contributed by atoms with Crippen molar-refractivity contribution in [2.24, 2.45) is 0 Å². The first-order valence-corrected chi connectivity index (χ1v) is 25.0. The lowest BCUT2D eigenvalue weighted by molar-refractivity contribution is -0.220. The minimum absolute atomic E-state index is 0.0883. The predicted molar refractivity (Wildman–Crippen MR) is 231 cm³/mol. The smallest absolute Gasteiger partial charge is 0.462 e. The Morgan fingerprint density at radius 3 is 1.36 bits per heavy atom. The molecule has 1 saturated carbocycles. The Labute approximate surface area is 356 Å². The van der Waals surface area contributed by atoms with Crippen LogP contribution in [0.3, 0.4) is 0 Å². The second-order valence-electron chi connectivity index (χ2n) is 16.6. The molecule has 0 aromatic carbocycles. The standard InChI is InChI=1S/C45H85O13P/c1-3-5-7-9-11-13-15-17-19-21-23-25-27-29-31-33-38(46)55-35-37(36-56-59(53,54)58-45-43(51)41(49)40(48)42(50)44(45)52)57-39(47)34-32-30-28-26-24-22-20-18-16-14-12-10-8-6-4-2/h27,29,37,40-45,48-52H,3-26,28,30-36H2,1-2H3,(H,53,54)/b29-27+/t37-,40?,41-,42?,43?,44?,45?/m1/s1. The van der Waals surface area contributed by atoms with Crippen molar-refractivity contribution in [1.82, 2.24) is 0 Å². The van der Waals surface area contributed by atoms with Crippen molar-refractivity contribution in [3.8, 4) is 0 Å². The van der Waals surface area contributed by atoms with Crippen LogP contribution in [0.4, 0.5) is 0 Å². The van der Waals surface area contributed by atoms with Crippen LogP contribution in [0.5, 0.6) is 0 Å². The molecule has 0 heterocycles. The molecule has 14 heteroatoms. The molecule has 0 spiro atoms. The summed E-state index contributed by atoms with van der Waals surface area (Å²) in [6, 6.07) is 0. The number of phosphoric acid groups is 1. The van der Waals surface area contributed by atoms with Crippen LogP contribution in [0.15, 0.2) is 12.2 Å². The first kappa shape index (κ1) is 55.6. The van der Waals surface area contributed by atoms with Gasteiger partial charge in [0.2, 0.25) is 0 Å². The zero-order chi connectivity index (χ0) is 43.6. The van der Waals surface area contributed by atoms with Gasteiger partial charge in [-0.1, -0.05) is 180 Å². The first-order chi connectivity index (χ1) is 28.4. The van der Waals surface area contributed by atoms with Crippen LogP contribution in [0.25, 0.3) is 0 Å². The van der Waals surface area contributed by atoms with Crippen LogP contribution in [0.1, 0.15) is 206 Å². The molecule has 0 aromatic heterocycles. The summed E-state index contributed by atoms with van der Waals surface area (Å²) in [5.74, 6) is -1.15. The van der Waals surface area contributed by atoms with Gasteiger partial charge < -0.3 is 39.9 Å². The molecule has 0 amide bonds. The van der Waals surface area contributed by atoms with Gasteiger partial charge in [-0.25, -0.2) is 4.57 Å². The summed E-state index contributed by atoms with van der Waals surface area (Å²) in [5.41, 5.74) is 0. The number of carbonyl (C=O) groups excluding carboxylic acids is 2. The maximum atomic E-state index is 12.8. The van der Waals surface area contributed by atoms with Gasteiger partial charge >= 0.3 is 19.8 Å². The molecule has 0 aromatic rings. The van der Waals surface area contributed by atoms with Crippen LogP contribution in [-0.4, -0.2) is 98.3 Å². The lowest BCUT2D eigenvalue weighted by Crippen LogP contribution is -2.64. The molecule has 0 bridgehead atoms. The Morgan fingerprint density at radius 1 is 0.508 bits per heavy atom. The molecular formula is C45H85O13P. The van der Waals surface area contributed by atoms with Gasteiger partial charge in [0.1, 0.15) is 43.2 Å². The average molecular weight is 865 g/mol. The second-order valence-corrected chi connectivity index (χ2v) is 18.0. The highest BCUT2D eigenvalue weighted by molar-refractivity contribution is 7.47. The average Bonchev–Trinajstić information content (AvgIpc) is 3.21. The van der Waals surface area contributed by atoms with Gasteiger partial charge in [-0.2, -0.15) is 0 Å². The number of esters is 2. The van der Waals surface area contributed by atoms with Gasteiger partial charge in [0.25, 0.3) is 0 Å². The van der Waals surface area contributed by atoms with E-state index >= 15 is 0 Å². The van der Waals surface area contributed by atoms with Crippen molar-refractivity contribution in [3.05, 3.63) is 12.2 Å². The second kappa shape index (κ2) is 36.1. The van der Waals surface area contributed by atoms with Gasteiger partial charge in [0, 0.05) is 12.8 Å². The maximum absolute atomic E-state index is 12.8. The molecule has 1 rings (SSSR count). The number of ether oxygens (including phenoxy) is 2. The SMILES string of the molecule is CCCCCCCCCCCCC/C=C/CCC(=O)OC[C@H](COP(=O)(O)OC1C(O)C(O)C(O)[C@@H](O)C1O)OC(=O)CCCCCCCCCCCCCCCCC. The number of phosphoric ester groups is 1. The van der Waals surface area contributed by atoms with Crippen molar-refractivity contribution in [2.45, 2.75) is 249 Å². The van der Waals surface area contributed by atoms with Crippen molar-refractivity contribution < 1.29 is 63.1 Å². The lowest BCUT2D eigenvalue weighted by atomic mass is 9.85. The molecule has 1 fully saturated rings. The summed E-state index contributed by atoms with van der Waals surface area (Å²) in [6.45, 7) is 3.28. The Balaban J connectivity index is 2.46. The highest BCUT2D eigenvalue weighted by Crippen LogP contribution is 2.47. The van der Waals surface area contributed by atoms with E-state index in [9.17, 15) is 44.6 Å². The van der Waals surface area contributed by atoms with Crippen LogP contribution in [-0.2, 0) is 32.7 Å². The van der Waals surface area contributed by atoms with E-state index in [0.717, 1.165) is 38.5 Å². The highest BCUT2D eigenvalue weighted by Gasteiger charge is 2.51. The van der Waals surface area contributed by atoms with E-state index in [1.54, 1.807) is 0 Å². The number of allylic oxidation sites excluding steroid dienone is 2. The van der Waals surface area contributed by atoms with Crippen molar-refractivity contribution >= 4 is 19.8 Å². The van der Waals surface area contributed by atoms with Crippen LogP contribution >= 0.6 is 7.82 Å². The highest BCUT2D eigenvalue weighted by atomic mass is 31.2. The maximum Gasteiger partial charge on any atom is 0.472 e. The van der Waals surface area contributed by atoms with E-state index < -0.39 is 75.7 Å². The summed E-state index contributed by atoms with van der Waals surface area (Å²) in [5, 5.41) is 50.1. The largest absolute Gasteiger partial charge is 0.472 e. The van der Waals surface area contributed by atoms with Gasteiger partial charge in [0.05, 0.1) is 6.61 Å². The first-order valence-electron chi connectivity index (χ1n) is 23.5. The Kier molecular flexibility index (Phi) is 34.0. The van der Waals surface area contributed by atoms with E-state index in [0.29, 0.717) is 12.8 Å². The van der Waals surface area contributed by atoms with Crippen molar-refractivity contribution in [1.29, 1.82) is 0 Å². The van der Waals surface area contributed by atoms with Gasteiger partial charge in [-0.05, 0) is 25.7 Å². The number of carbonyl (C=O) groups is 2. The third-order valence-corrected chi connectivity index (χ3v) is 12.1. The fourth-order valence-electron chi connectivity index (χ4n) is 7.31. The monoisotopic (exact) mass is 865 g/mol. The van der Waals surface area contributed by atoms with Gasteiger partial charge in [-0.15, -0.1) is 0 Å². The molecule has 0 saturated heterocycles. The summed E-state index contributed by atoms with van der Waals surface area (Å²) < 4.78 is 33.5. The third-order valence-electron chi connectivity index (χ3n) is 11.1. The van der Waals surface area contributed by atoms with Crippen LogP contribution in [0.2, 0.25) is 0 Å². The van der Waals surface area contributed by atoms with E-state index in [4.69, 9.17) is 18.5 Å². The molecular weight excluding hydrogens is 779 g/mol. The van der Waals surface area contributed by atoms with Gasteiger partial charge in [-0.3, -0.25) is 18.6 Å². The predicted octanol–water partition coefficient (Wildman–Crippen LogP) is 9.06. The quantitative estimate of drug-likeness (QED) is 0.0148. The third kappa shape index (κ3) is 28.7. The van der Waals surface area contributed by atoms with E-state index in [1.807, 2.05) is 6.08 Å². The van der Waals surface area contributed by atoms with Crippen LogP contribution < -0.4 is 0 Å². The molecule has 59 heavy (non-hydrogen) atoms. The minimum atomic E-state index is -5.12. The molecule has 8 atom stereocenters. The Morgan fingerprint density at radius 2 is 0.898 bits per heavy atom. The van der Waals surface area contributed by atoms with Crippen molar-refractivity contribution in [3.63, 3.8) is 0 Å². The van der Waals surface area contributed by atoms with Gasteiger partial charge in [0.15, 0.2) is 6.10 Å². The van der Waals surface area contributed by atoms with E-state index in [-0.39, 0.29) is 12.8 Å². The molecule has 0 radical (unpaired) electrons. The normalized spacial score (nSPS) is 22.4. The number of aliphatic hydroxyl groups excluding tert-OH is 5. The number of hydrogen-bond donors (Lipinski definition) is 6. The van der Waals surface area contributed by atoms with E-state index in [1.165, 1.54) is 128 Å². The summed E-state index contributed by atoms with van der Waals surface area (Å²) in [4.78, 5) is 35.6. The fraction of sp³-hybridized carbons (Fsp3) is 0.911.